The minimum Gasteiger partial charge on any atom is -0.381 e. The fourth-order valence-electron chi connectivity index (χ4n) is 4.30. The van der Waals surface area contributed by atoms with Gasteiger partial charge >= 0.3 is 0 Å². The van der Waals surface area contributed by atoms with Gasteiger partial charge in [0.05, 0.1) is 40.0 Å². The van der Waals surface area contributed by atoms with Crippen molar-refractivity contribution in [2.75, 3.05) is 19.8 Å². The number of fused-ring (bicyclic) bond motifs is 1. The second-order valence-electron chi connectivity index (χ2n) is 9.82. The first-order valence-corrected chi connectivity index (χ1v) is 13.4. The molecule has 1 aliphatic rings. The molecular weight excluding hydrogens is 464 g/mol. The Hall–Kier alpha value is -2.55. The molecule has 6 nitrogen and oxygen atoms in total. The van der Waals surface area contributed by atoms with E-state index >= 15 is 0 Å². The Morgan fingerprint density at radius 1 is 1.24 bits per heavy atom. The highest BCUT2D eigenvalue weighted by molar-refractivity contribution is 7.22. The number of hydrogen-bond donors (Lipinski definition) is 1. The van der Waals surface area contributed by atoms with Gasteiger partial charge in [-0.25, -0.2) is 4.98 Å². The van der Waals surface area contributed by atoms with Crippen LogP contribution in [0.25, 0.3) is 31.2 Å². The zero-order chi connectivity index (χ0) is 23.7. The molecule has 0 bridgehead atoms. The van der Waals surface area contributed by atoms with Gasteiger partial charge in [0.2, 0.25) is 5.91 Å². The minimum atomic E-state index is -0.173. The van der Waals surface area contributed by atoms with Crippen LogP contribution in [0.4, 0.5) is 0 Å². The second kappa shape index (κ2) is 9.60. The first kappa shape index (κ1) is 23.2. The fraction of sp³-hybridized carbons (Fsp3) is 0.423. The Morgan fingerprint density at radius 2 is 2.03 bits per heavy atom. The van der Waals surface area contributed by atoms with Gasteiger partial charge in [0.1, 0.15) is 5.01 Å². The average molecular weight is 495 g/mol. The molecule has 3 aromatic heterocycles. The van der Waals surface area contributed by atoms with Gasteiger partial charge in [-0.1, -0.05) is 18.2 Å². The lowest BCUT2D eigenvalue weighted by molar-refractivity contribution is -0.120. The average Bonchev–Trinajstić information content (AvgIpc) is 3.55. The summed E-state index contributed by atoms with van der Waals surface area (Å²) in [6.07, 6.45) is 4.24. The number of rotatable bonds is 6. The molecule has 0 aliphatic carbocycles. The number of ether oxygens (including phenoxy) is 1. The number of aromatic nitrogens is 3. The maximum Gasteiger partial charge on any atom is 0.226 e. The van der Waals surface area contributed by atoms with Gasteiger partial charge in [0.25, 0.3) is 0 Å². The Balaban J connectivity index is 1.39. The molecule has 1 aromatic carbocycles. The molecular formula is C26H30N4O2S2. The Morgan fingerprint density at radius 3 is 2.79 bits per heavy atom. The normalized spacial score (nSPS) is 15.1. The number of benzene rings is 1. The van der Waals surface area contributed by atoms with E-state index in [1.165, 1.54) is 15.0 Å². The number of nitrogens with zero attached hydrogens (tertiary/aromatic N) is 3. The monoisotopic (exact) mass is 494 g/mol. The molecule has 0 atom stereocenters. The predicted molar refractivity (Wildman–Crippen MR) is 139 cm³/mol. The topological polar surface area (TPSA) is 69.0 Å². The van der Waals surface area contributed by atoms with Crippen LogP contribution in [-0.4, -0.2) is 40.4 Å². The number of hydrogen-bond acceptors (Lipinski definition) is 6. The van der Waals surface area contributed by atoms with E-state index in [2.05, 4.69) is 61.1 Å². The third kappa shape index (κ3) is 4.94. The molecule has 8 heteroatoms. The predicted octanol–water partition coefficient (Wildman–Crippen LogP) is 5.73. The summed E-state index contributed by atoms with van der Waals surface area (Å²) >= 11 is 3.35. The number of thiophene rings is 1. The largest absolute Gasteiger partial charge is 0.381 e. The maximum absolute atomic E-state index is 12.5. The molecule has 34 heavy (non-hydrogen) atoms. The van der Waals surface area contributed by atoms with Crippen molar-refractivity contribution in [2.24, 2.45) is 5.92 Å². The van der Waals surface area contributed by atoms with Gasteiger partial charge in [-0.2, -0.15) is 5.10 Å². The van der Waals surface area contributed by atoms with Crippen molar-refractivity contribution in [3.63, 3.8) is 0 Å². The lowest BCUT2D eigenvalue weighted by Crippen LogP contribution is -2.33. The van der Waals surface area contributed by atoms with E-state index in [0.717, 1.165) is 48.0 Å². The quantitative estimate of drug-likeness (QED) is 0.372. The standard InChI is InChI=1S/C26H30N4O2S2/c1-26(2,3)30-24(22-12-18-6-4-5-7-21(18)34-22)20(15-28-30)25-29-19(16-33-25)13-23(31)27-14-17-8-10-32-11-9-17/h4-7,12,15-17H,8-11,13-14H2,1-3H3,(H,27,31). The van der Waals surface area contributed by atoms with E-state index in [4.69, 9.17) is 14.8 Å². The van der Waals surface area contributed by atoms with Crippen LogP contribution in [0.5, 0.6) is 0 Å². The van der Waals surface area contributed by atoms with Gasteiger partial charge < -0.3 is 10.1 Å². The van der Waals surface area contributed by atoms with Crippen molar-refractivity contribution < 1.29 is 9.53 Å². The van der Waals surface area contributed by atoms with Crippen molar-refractivity contribution in [3.05, 3.63) is 47.6 Å². The molecule has 1 fully saturated rings. The first-order chi connectivity index (χ1) is 16.4. The summed E-state index contributed by atoms with van der Waals surface area (Å²) in [6.45, 7) is 8.79. The molecule has 4 aromatic rings. The molecule has 1 saturated heterocycles. The molecule has 0 radical (unpaired) electrons. The number of nitrogens with one attached hydrogen (secondary N) is 1. The lowest BCUT2D eigenvalue weighted by atomic mass is 10.0. The third-order valence-corrected chi connectivity index (χ3v) is 8.16. The fourth-order valence-corrected chi connectivity index (χ4v) is 6.23. The lowest BCUT2D eigenvalue weighted by Gasteiger charge is -2.22. The Kier molecular flexibility index (Phi) is 6.55. The molecule has 1 aliphatic heterocycles. The summed E-state index contributed by atoms with van der Waals surface area (Å²) in [4.78, 5) is 18.5. The zero-order valence-corrected chi connectivity index (χ0v) is 21.5. The van der Waals surface area contributed by atoms with Crippen LogP contribution in [0.1, 0.15) is 39.3 Å². The van der Waals surface area contributed by atoms with Gasteiger partial charge in [0, 0.05) is 29.8 Å². The molecule has 0 spiro atoms. The van der Waals surface area contributed by atoms with Crippen LogP contribution < -0.4 is 5.32 Å². The smallest absolute Gasteiger partial charge is 0.226 e. The van der Waals surface area contributed by atoms with Gasteiger partial charge in [-0.05, 0) is 57.0 Å². The van der Waals surface area contributed by atoms with Crippen LogP contribution in [0.15, 0.2) is 41.9 Å². The van der Waals surface area contributed by atoms with Gasteiger partial charge in [-0.3, -0.25) is 9.48 Å². The number of thiazole rings is 1. The van der Waals surface area contributed by atoms with E-state index in [0.29, 0.717) is 18.9 Å². The summed E-state index contributed by atoms with van der Waals surface area (Å²) in [7, 11) is 0. The number of amides is 1. The highest BCUT2D eigenvalue weighted by atomic mass is 32.1. The van der Waals surface area contributed by atoms with Crippen molar-refractivity contribution in [3.8, 4) is 21.1 Å². The summed E-state index contributed by atoms with van der Waals surface area (Å²) in [5, 5.41) is 12.0. The van der Waals surface area contributed by atoms with Crippen LogP contribution in [0, 0.1) is 5.92 Å². The van der Waals surface area contributed by atoms with Crippen LogP contribution in [-0.2, 0) is 21.5 Å². The Labute approximate surface area is 208 Å². The van der Waals surface area contributed by atoms with Crippen molar-refractivity contribution in [1.82, 2.24) is 20.1 Å². The van der Waals surface area contributed by atoms with Crippen LogP contribution in [0.2, 0.25) is 0 Å². The van der Waals surface area contributed by atoms with Gasteiger partial charge in [-0.15, -0.1) is 22.7 Å². The minimum absolute atomic E-state index is 0.0264. The van der Waals surface area contributed by atoms with E-state index in [1.54, 1.807) is 22.7 Å². The number of carbonyl (C=O) groups is 1. The summed E-state index contributed by atoms with van der Waals surface area (Å²) < 4.78 is 8.75. The summed E-state index contributed by atoms with van der Waals surface area (Å²) in [5.41, 5.74) is 2.72. The van der Waals surface area contributed by atoms with Crippen molar-refractivity contribution >= 4 is 38.7 Å². The highest BCUT2D eigenvalue weighted by Crippen LogP contribution is 2.41. The van der Waals surface area contributed by atoms with Crippen LogP contribution >= 0.6 is 22.7 Å². The summed E-state index contributed by atoms with van der Waals surface area (Å²) in [6, 6.07) is 10.7. The summed E-state index contributed by atoms with van der Waals surface area (Å²) in [5.74, 6) is 0.536. The number of carbonyl (C=O) groups excluding carboxylic acids is 1. The van der Waals surface area contributed by atoms with Gasteiger partial charge in [0.15, 0.2) is 0 Å². The molecule has 0 saturated carbocycles. The van der Waals surface area contributed by atoms with E-state index < -0.39 is 0 Å². The molecule has 1 amide bonds. The molecule has 178 valence electrons. The van der Waals surface area contributed by atoms with Crippen LogP contribution in [0.3, 0.4) is 0 Å². The highest BCUT2D eigenvalue weighted by Gasteiger charge is 2.25. The first-order valence-electron chi connectivity index (χ1n) is 11.7. The third-order valence-electron chi connectivity index (χ3n) is 6.12. The van der Waals surface area contributed by atoms with E-state index in [1.807, 2.05) is 11.6 Å². The maximum atomic E-state index is 12.5. The molecule has 4 heterocycles. The zero-order valence-electron chi connectivity index (χ0n) is 19.8. The Bertz CT molecular complexity index is 1260. The molecule has 0 unspecified atom stereocenters. The molecule has 5 rings (SSSR count). The van der Waals surface area contributed by atoms with E-state index in [9.17, 15) is 4.79 Å². The molecule has 1 N–H and O–H groups in total. The second-order valence-corrected chi connectivity index (χ2v) is 11.8. The van der Waals surface area contributed by atoms with E-state index in [-0.39, 0.29) is 11.4 Å². The van der Waals surface area contributed by atoms with Crippen molar-refractivity contribution in [1.29, 1.82) is 0 Å². The van der Waals surface area contributed by atoms with Crippen molar-refractivity contribution in [2.45, 2.75) is 45.6 Å². The SMILES string of the molecule is CC(C)(C)n1ncc(-c2nc(CC(=O)NCC3CCOCC3)cs2)c1-c1cc2ccccc2s1.